The van der Waals surface area contributed by atoms with Crippen molar-refractivity contribution in [2.45, 2.75) is 244 Å². The van der Waals surface area contributed by atoms with E-state index in [0.29, 0.717) is 0 Å². The van der Waals surface area contributed by atoms with E-state index >= 15 is 0 Å². The van der Waals surface area contributed by atoms with Crippen molar-refractivity contribution in [3.63, 3.8) is 0 Å². The Labute approximate surface area is 433 Å². The Morgan fingerprint density at radius 2 is 0.500 bits per heavy atom. The van der Waals surface area contributed by atoms with Crippen LogP contribution in [0.1, 0.15) is 216 Å². The van der Waals surface area contributed by atoms with Crippen LogP contribution in [0.5, 0.6) is 0 Å². The average Bonchev–Trinajstić information content (AvgIpc) is 3.33. The molecule has 0 radical (unpaired) electrons. The zero-order valence-corrected chi connectivity index (χ0v) is 48.2. The van der Waals surface area contributed by atoms with Crippen molar-refractivity contribution in [3.05, 3.63) is 75.9 Å². The summed E-state index contributed by atoms with van der Waals surface area (Å²) >= 11 is 0. The second-order valence-electron chi connectivity index (χ2n) is 19.6. The van der Waals surface area contributed by atoms with Gasteiger partial charge in [0, 0.05) is 0 Å². The summed E-state index contributed by atoms with van der Waals surface area (Å²) in [5.74, 6) is 1.11. The van der Waals surface area contributed by atoms with E-state index < -0.39 is 0 Å². The van der Waals surface area contributed by atoms with Crippen LogP contribution in [0.4, 0.5) is 0 Å². The van der Waals surface area contributed by atoms with Crippen LogP contribution >= 0.6 is 0 Å². The van der Waals surface area contributed by atoms with E-state index in [1.807, 2.05) is 99.4 Å². The van der Waals surface area contributed by atoms with Crippen LogP contribution in [0.25, 0.3) is 0 Å². The fraction of sp³-hybridized carbons (Fsp3) is 0.717. The molecule has 0 aliphatic rings. The lowest BCUT2D eigenvalue weighted by atomic mass is 9.84. The zero-order valence-electron chi connectivity index (χ0n) is 48.2. The molecule has 0 aliphatic heterocycles. The number of carbonyl (C=O) groups excluding carboxylic acids is 5. The summed E-state index contributed by atoms with van der Waals surface area (Å²) in [5.41, 5.74) is -1.67. The van der Waals surface area contributed by atoms with E-state index in [9.17, 15) is 24.0 Å². The number of allylic oxidation sites excluding steroid dienone is 6. The van der Waals surface area contributed by atoms with E-state index in [1.54, 1.807) is 34.6 Å². The van der Waals surface area contributed by atoms with Gasteiger partial charge in [0.05, 0.1) is 27.7 Å². The van der Waals surface area contributed by atoms with Gasteiger partial charge in [-0.1, -0.05) is 75.0 Å². The lowest BCUT2D eigenvalue weighted by Crippen LogP contribution is -2.49. The first-order valence-electron chi connectivity index (χ1n) is 26.5. The molecule has 10 nitrogen and oxygen atoms in total. The third-order valence-corrected chi connectivity index (χ3v) is 14.3. The molecule has 0 spiro atoms. The second kappa shape index (κ2) is 46.6. The minimum Gasteiger partial charge on any atom is -0.308 e. The van der Waals surface area contributed by atoms with Crippen LogP contribution in [-0.4, -0.2) is 91.8 Å². The highest BCUT2D eigenvalue weighted by atomic mass is 16.1. The summed E-state index contributed by atoms with van der Waals surface area (Å²) in [6.07, 6.45) is 36.7. The Kier molecular flexibility index (Phi) is 50.3. The molecule has 0 unspecified atom stereocenters. The number of nitrogens with one attached hydrogen (secondary N) is 5. The Hall–Kier alpha value is -3.41. The van der Waals surface area contributed by atoms with Gasteiger partial charge in [-0.25, -0.2) is 0 Å². The predicted molar refractivity (Wildman–Crippen MR) is 307 cm³/mol. The standard InChI is InChI=1S/C14H25NO.2C13H25NO.2C10H19NO/c1-5-7-9-11-14(15-4,13(3)16)12-10-8-6-2;2*1-5-6-7-8-9-10-11-13(3,14-4)12(2)15;2*1-5-6-7-8-10(3,11-4)9(2)12/h5-6,15H,1-2,7-12H2,3-4H3;2*5,14H,1,6-11H2,2-4H3;2*5,11H,1,6-8H2,2-4H3/t;2*13-;2*10-/m.0010/s1. The number of Topliss-reactive ketones (excluding diaryl/α,β-unsaturated/α-hetero) is 5. The van der Waals surface area contributed by atoms with Gasteiger partial charge < -0.3 is 26.6 Å². The van der Waals surface area contributed by atoms with Crippen LogP contribution < -0.4 is 26.6 Å². The highest BCUT2D eigenvalue weighted by Crippen LogP contribution is 2.23. The van der Waals surface area contributed by atoms with E-state index in [-0.39, 0.29) is 56.6 Å². The highest BCUT2D eigenvalue weighted by Gasteiger charge is 2.32. The first-order valence-corrected chi connectivity index (χ1v) is 26.5. The number of unbranched alkanes of at least 4 members (excludes halogenated alkanes) is 12. The quantitative estimate of drug-likeness (QED) is 0.0297. The van der Waals surface area contributed by atoms with Gasteiger partial charge >= 0.3 is 0 Å². The van der Waals surface area contributed by atoms with Crippen molar-refractivity contribution in [2.75, 3.05) is 35.2 Å². The van der Waals surface area contributed by atoms with Crippen molar-refractivity contribution >= 4 is 28.9 Å². The monoisotopic (exact) mass is 984 g/mol. The molecule has 10 heteroatoms. The number of ketones is 5. The van der Waals surface area contributed by atoms with Gasteiger partial charge in [-0.15, -0.1) is 39.5 Å². The topological polar surface area (TPSA) is 146 Å². The van der Waals surface area contributed by atoms with Gasteiger partial charge in [0.25, 0.3) is 0 Å². The van der Waals surface area contributed by atoms with E-state index in [2.05, 4.69) is 66.1 Å². The average molecular weight is 985 g/mol. The summed E-state index contributed by atoms with van der Waals surface area (Å²) in [4.78, 5) is 57.0. The largest absolute Gasteiger partial charge is 0.308 e. The molecular formula is C60H113N5O5. The molecular weight excluding hydrogens is 871 g/mol. The normalized spacial score (nSPS) is 14.0. The van der Waals surface area contributed by atoms with Crippen molar-refractivity contribution < 1.29 is 24.0 Å². The van der Waals surface area contributed by atoms with Crippen molar-refractivity contribution in [2.24, 2.45) is 0 Å². The number of likely N-dealkylation sites (N-methyl/N-ethyl adjacent to an activating group) is 5. The number of hydrogen-bond donors (Lipinski definition) is 5. The molecule has 0 aromatic rings. The molecule has 0 bridgehead atoms. The Bertz CT molecular complexity index is 1360. The van der Waals surface area contributed by atoms with Crippen molar-refractivity contribution in [1.29, 1.82) is 0 Å². The summed E-state index contributed by atoms with van der Waals surface area (Å²) < 4.78 is 0. The number of carbonyl (C=O) groups is 5. The van der Waals surface area contributed by atoms with Crippen LogP contribution in [0.3, 0.4) is 0 Å². The van der Waals surface area contributed by atoms with E-state index in [0.717, 1.165) is 116 Å². The summed E-state index contributed by atoms with van der Waals surface area (Å²) in [6.45, 7) is 38.2. The van der Waals surface area contributed by atoms with Crippen LogP contribution in [0.15, 0.2) is 75.9 Å². The molecule has 0 saturated heterocycles. The fourth-order valence-corrected chi connectivity index (χ4v) is 7.35. The van der Waals surface area contributed by atoms with Gasteiger partial charge in [-0.2, -0.15) is 0 Å². The zero-order chi connectivity index (χ0) is 55.1. The van der Waals surface area contributed by atoms with Gasteiger partial charge in [0.15, 0.2) is 0 Å². The minimum absolute atomic E-state index is 0.203. The van der Waals surface area contributed by atoms with Crippen LogP contribution in [0.2, 0.25) is 0 Å². The molecule has 408 valence electrons. The Morgan fingerprint density at radius 1 is 0.300 bits per heavy atom. The van der Waals surface area contributed by atoms with Crippen LogP contribution in [0, 0.1) is 0 Å². The van der Waals surface area contributed by atoms with Crippen molar-refractivity contribution in [1.82, 2.24) is 26.6 Å². The molecule has 5 N–H and O–H groups in total. The maximum atomic E-state index is 11.8. The van der Waals surface area contributed by atoms with Gasteiger partial charge in [-0.05, 0) is 213 Å². The maximum Gasteiger partial charge on any atom is 0.149 e. The molecule has 0 heterocycles. The van der Waals surface area contributed by atoms with Gasteiger partial charge in [-0.3, -0.25) is 24.0 Å². The van der Waals surface area contributed by atoms with Crippen molar-refractivity contribution in [3.8, 4) is 0 Å². The summed E-state index contributed by atoms with van der Waals surface area (Å²) in [7, 11) is 9.26. The molecule has 0 aromatic carbocycles. The molecule has 0 saturated carbocycles. The predicted octanol–water partition coefficient (Wildman–Crippen LogP) is 13.2. The first kappa shape index (κ1) is 75.5. The number of hydrogen-bond acceptors (Lipinski definition) is 10. The van der Waals surface area contributed by atoms with Gasteiger partial charge in [0.1, 0.15) is 28.9 Å². The molecule has 4 atom stereocenters. The molecule has 70 heavy (non-hydrogen) atoms. The third-order valence-electron chi connectivity index (χ3n) is 14.3. The molecule has 0 aromatic heterocycles. The molecule has 0 fully saturated rings. The lowest BCUT2D eigenvalue weighted by Gasteiger charge is -2.31. The van der Waals surface area contributed by atoms with E-state index in [4.69, 9.17) is 0 Å². The SMILES string of the molecule is C=CCCCC(CCCC=C)(NC)C(C)=O.C=CCCCCCC[C@](C)(NC)C(C)=O.C=CCCCCCC[C@](C)(NC)C(C)=O.C=CCCC[C@@](C)(NC)C(C)=O.C=CCCC[C@](C)(NC)C(C)=O. The Morgan fingerprint density at radius 3 is 0.686 bits per heavy atom. The molecule has 0 amide bonds. The summed E-state index contributed by atoms with van der Waals surface area (Å²) in [5, 5.41) is 15.5. The minimum atomic E-state index is -0.344. The summed E-state index contributed by atoms with van der Waals surface area (Å²) in [6, 6.07) is 0. The lowest BCUT2D eigenvalue weighted by molar-refractivity contribution is -0.124. The first-order chi connectivity index (χ1) is 32.9. The number of rotatable bonds is 40. The molecule has 0 aliphatic carbocycles. The highest BCUT2D eigenvalue weighted by molar-refractivity contribution is 5.87. The van der Waals surface area contributed by atoms with Crippen LogP contribution in [-0.2, 0) is 24.0 Å². The third kappa shape index (κ3) is 37.4. The van der Waals surface area contributed by atoms with E-state index in [1.165, 1.54) is 38.5 Å². The molecule has 0 rings (SSSR count). The smallest absolute Gasteiger partial charge is 0.149 e. The second-order valence-corrected chi connectivity index (χ2v) is 19.6. The Balaban J connectivity index is -0.000000253. The maximum absolute atomic E-state index is 11.8. The fourth-order valence-electron chi connectivity index (χ4n) is 7.35. The van der Waals surface area contributed by atoms with Gasteiger partial charge in [0.2, 0.25) is 0 Å².